The third kappa shape index (κ3) is 8.34. The number of nitrogens with zero attached hydrogens (tertiary/aromatic N) is 4. The largest absolute Gasteiger partial charge is 0.433 e. The predicted molar refractivity (Wildman–Crippen MR) is 150 cm³/mol. The SMILES string of the molecule is CC(C)(C)c1ccc(N2CCCN(CCCC(=O)N3CCC(Nc4ccnc(C(F)(F)F)c4)CC3)CC2)cc1. The number of pyridine rings is 1. The second-order valence-corrected chi connectivity index (χ2v) is 11.8. The van der Waals surface area contributed by atoms with Crippen LogP contribution in [-0.4, -0.2) is 72.5 Å². The molecule has 2 saturated heterocycles. The van der Waals surface area contributed by atoms with Gasteiger partial charge in [0, 0.05) is 62.8 Å². The lowest BCUT2D eigenvalue weighted by Crippen LogP contribution is -2.42. The first-order valence-corrected chi connectivity index (χ1v) is 14.1. The van der Waals surface area contributed by atoms with E-state index in [1.807, 2.05) is 4.90 Å². The molecule has 0 unspecified atom stereocenters. The molecule has 0 aliphatic carbocycles. The number of carbonyl (C=O) groups excluding carboxylic acids is 1. The summed E-state index contributed by atoms with van der Waals surface area (Å²) in [5.41, 5.74) is 2.30. The lowest BCUT2D eigenvalue weighted by atomic mass is 9.87. The molecule has 9 heteroatoms. The maximum absolute atomic E-state index is 12.9. The first-order valence-electron chi connectivity index (χ1n) is 14.1. The lowest BCUT2D eigenvalue weighted by Gasteiger charge is -2.33. The van der Waals surface area contributed by atoms with Crippen molar-refractivity contribution in [1.29, 1.82) is 0 Å². The minimum atomic E-state index is -4.46. The number of halogens is 3. The van der Waals surface area contributed by atoms with Crippen molar-refractivity contribution in [3.05, 3.63) is 53.9 Å². The van der Waals surface area contributed by atoms with Crippen LogP contribution in [0.2, 0.25) is 0 Å². The van der Waals surface area contributed by atoms with Crippen molar-refractivity contribution in [3.63, 3.8) is 0 Å². The molecule has 0 spiro atoms. The van der Waals surface area contributed by atoms with Gasteiger partial charge in [-0.25, -0.2) is 0 Å². The van der Waals surface area contributed by atoms with Gasteiger partial charge in [-0.2, -0.15) is 13.2 Å². The van der Waals surface area contributed by atoms with Crippen molar-refractivity contribution in [2.24, 2.45) is 0 Å². The van der Waals surface area contributed by atoms with Crippen LogP contribution in [-0.2, 0) is 16.4 Å². The van der Waals surface area contributed by atoms with Gasteiger partial charge in [0.1, 0.15) is 5.69 Å². The molecular weight excluding hydrogens is 503 g/mol. The minimum absolute atomic E-state index is 0.0437. The Morgan fingerprint density at radius 3 is 2.36 bits per heavy atom. The highest BCUT2D eigenvalue weighted by Crippen LogP contribution is 2.29. The summed E-state index contributed by atoms with van der Waals surface area (Å²) in [5.74, 6) is 0.173. The third-order valence-corrected chi connectivity index (χ3v) is 7.82. The number of hydrogen-bond donors (Lipinski definition) is 1. The fourth-order valence-electron chi connectivity index (χ4n) is 5.42. The highest BCUT2D eigenvalue weighted by molar-refractivity contribution is 5.76. The van der Waals surface area contributed by atoms with Gasteiger partial charge in [0.05, 0.1) is 0 Å². The molecule has 2 fully saturated rings. The summed E-state index contributed by atoms with van der Waals surface area (Å²) in [5, 5.41) is 3.18. The summed E-state index contributed by atoms with van der Waals surface area (Å²) in [4.78, 5) is 23.1. The molecule has 0 atom stereocenters. The molecule has 2 aromatic rings. The first-order chi connectivity index (χ1) is 18.5. The van der Waals surface area contributed by atoms with E-state index in [1.165, 1.54) is 17.4 Å². The van der Waals surface area contributed by atoms with E-state index < -0.39 is 11.9 Å². The van der Waals surface area contributed by atoms with Crippen LogP contribution in [0.3, 0.4) is 0 Å². The lowest BCUT2D eigenvalue weighted by molar-refractivity contribution is -0.141. The van der Waals surface area contributed by atoms with Gasteiger partial charge in [0.25, 0.3) is 0 Å². The minimum Gasteiger partial charge on any atom is -0.382 e. The van der Waals surface area contributed by atoms with E-state index in [-0.39, 0.29) is 17.4 Å². The number of anilines is 2. The molecule has 1 N–H and O–H groups in total. The van der Waals surface area contributed by atoms with E-state index in [1.54, 1.807) is 6.07 Å². The quantitative estimate of drug-likeness (QED) is 0.477. The number of hydrogen-bond acceptors (Lipinski definition) is 5. The zero-order valence-corrected chi connectivity index (χ0v) is 23.4. The smallest absolute Gasteiger partial charge is 0.382 e. The maximum Gasteiger partial charge on any atom is 0.433 e. The number of piperidine rings is 1. The molecule has 3 heterocycles. The monoisotopic (exact) mass is 545 g/mol. The Balaban J connectivity index is 1.15. The molecule has 214 valence electrons. The summed E-state index contributed by atoms with van der Waals surface area (Å²) in [6.45, 7) is 13.0. The van der Waals surface area contributed by atoms with Crippen LogP contribution in [0.25, 0.3) is 0 Å². The van der Waals surface area contributed by atoms with Crippen molar-refractivity contribution in [1.82, 2.24) is 14.8 Å². The van der Waals surface area contributed by atoms with E-state index in [2.05, 4.69) is 65.1 Å². The Labute approximate surface area is 230 Å². The Morgan fingerprint density at radius 1 is 0.974 bits per heavy atom. The van der Waals surface area contributed by atoms with Crippen LogP contribution in [0.15, 0.2) is 42.6 Å². The Hall–Kier alpha value is -2.81. The fourth-order valence-corrected chi connectivity index (χ4v) is 5.42. The zero-order chi connectivity index (χ0) is 28.0. The van der Waals surface area contributed by atoms with Gasteiger partial charge in [0.15, 0.2) is 0 Å². The number of amides is 1. The molecule has 0 radical (unpaired) electrons. The van der Waals surface area contributed by atoms with Gasteiger partial charge < -0.3 is 20.0 Å². The molecule has 2 aliphatic rings. The van der Waals surface area contributed by atoms with Crippen molar-refractivity contribution in [3.8, 4) is 0 Å². The number of carbonyl (C=O) groups is 1. The molecule has 2 aliphatic heterocycles. The van der Waals surface area contributed by atoms with Crippen LogP contribution >= 0.6 is 0 Å². The standard InChI is InChI=1S/C30H42F3N5O/c1-29(2,3)23-7-9-26(10-8-23)37-17-5-16-36(20-21-37)15-4-6-28(39)38-18-12-24(13-19-38)35-25-11-14-34-27(22-25)30(31,32)33/h7-11,14,22,24H,4-6,12-13,15-21H2,1-3H3,(H,34,35). The molecule has 4 rings (SSSR count). The molecule has 1 aromatic heterocycles. The van der Waals surface area contributed by atoms with Crippen molar-refractivity contribution < 1.29 is 18.0 Å². The van der Waals surface area contributed by atoms with Crippen LogP contribution in [0.4, 0.5) is 24.5 Å². The Bertz CT molecular complexity index is 1080. The number of benzene rings is 1. The number of rotatable bonds is 7. The molecule has 0 saturated carbocycles. The molecule has 1 aromatic carbocycles. The third-order valence-electron chi connectivity index (χ3n) is 7.82. The average molecular weight is 546 g/mol. The fraction of sp³-hybridized carbons (Fsp3) is 0.600. The second-order valence-electron chi connectivity index (χ2n) is 11.8. The van der Waals surface area contributed by atoms with Crippen molar-refractivity contribution >= 4 is 17.3 Å². The predicted octanol–water partition coefficient (Wildman–Crippen LogP) is 5.79. The summed E-state index contributed by atoms with van der Waals surface area (Å²) in [6.07, 6.45) is 0.633. The molecule has 39 heavy (non-hydrogen) atoms. The average Bonchev–Trinajstić information content (AvgIpc) is 3.14. The van der Waals surface area contributed by atoms with Gasteiger partial charge >= 0.3 is 6.18 Å². The van der Waals surface area contributed by atoms with Gasteiger partial charge in [-0.3, -0.25) is 9.78 Å². The number of alkyl halides is 3. The number of aromatic nitrogens is 1. The zero-order valence-electron chi connectivity index (χ0n) is 23.4. The van der Waals surface area contributed by atoms with Crippen LogP contribution < -0.4 is 10.2 Å². The van der Waals surface area contributed by atoms with Crippen LogP contribution in [0.5, 0.6) is 0 Å². The molecule has 1 amide bonds. The number of likely N-dealkylation sites (tertiary alicyclic amines) is 1. The van der Waals surface area contributed by atoms with E-state index in [4.69, 9.17) is 0 Å². The molecule has 6 nitrogen and oxygen atoms in total. The summed E-state index contributed by atoms with van der Waals surface area (Å²) >= 11 is 0. The Morgan fingerprint density at radius 2 is 1.69 bits per heavy atom. The van der Waals surface area contributed by atoms with Crippen molar-refractivity contribution in [2.75, 3.05) is 56.0 Å². The van der Waals surface area contributed by atoms with Crippen LogP contribution in [0.1, 0.15) is 64.1 Å². The van der Waals surface area contributed by atoms with Gasteiger partial charge in [-0.15, -0.1) is 0 Å². The number of nitrogens with one attached hydrogen (secondary N) is 1. The van der Waals surface area contributed by atoms with E-state index in [0.29, 0.717) is 38.0 Å². The van der Waals surface area contributed by atoms with Gasteiger partial charge in [-0.1, -0.05) is 32.9 Å². The van der Waals surface area contributed by atoms with E-state index in [0.717, 1.165) is 51.6 Å². The van der Waals surface area contributed by atoms with E-state index in [9.17, 15) is 18.0 Å². The van der Waals surface area contributed by atoms with E-state index >= 15 is 0 Å². The second kappa shape index (κ2) is 12.6. The van der Waals surface area contributed by atoms with Gasteiger partial charge in [0.2, 0.25) is 5.91 Å². The molecular formula is C30H42F3N5O. The van der Waals surface area contributed by atoms with Gasteiger partial charge in [-0.05, 0) is 74.0 Å². The molecule has 0 bridgehead atoms. The summed E-state index contributed by atoms with van der Waals surface area (Å²) in [7, 11) is 0. The van der Waals surface area contributed by atoms with Crippen LogP contribution in [0, 0.1) is 0 Å². The maximum atomic E-state index is 12.9. The normalized spacial score (nSPS) is 18.2. The summed E-state index contributed by atoms with van der Waals surface area (Å²) < 4.78 is 38.8. The Kier molecular flexibility index (Phi) is 9.41. The topological polar surface area (TPSA) is 51.7 Å². The highest BCUT2D eigenvalue weighted by atomic mass is 19.4. The first kappa shape index (κ1) is 29.2. The van der Waals surface area contributed by atoms with Crippen molar-refractivity contribution in [2.45, 2.75) is 70.5 Å². The summed E-state index contributed by atoms with van der Waals surface area (Å²) in [6, 6.07) is 11.6. The highest BCUT2D eigenvalue weighted by Gasteiger charge is 2.33.